The van der Waals surface area contributed by atoms with Gasteiger partial charge in [-0.2, -0.15) is 0 Å². The van der Waals surface area contributed by atoms with Gasteiger partial charge in [0.25, 0.3) is 0 Å². The van der Waals surface area contributed by atoms with Gasteiger partial charge < -0.3 is 0 Å². The van der Waals surface area contributed by atoms with Gasteiger partial charge in [0.1, 0.15) is 0 Å². The molecular formula is C6H10S2. The van der Waals surface area contributed by atoms with Crippen LogP contribution in [0.5, 0.6) is 0 Å². The summed E-state index contributed by atoms with van der Waals surface area (Å²) in [6, 6.07) is 0. The Balaban J connectivity index is 2.27. The van der Waals surface area contributed by atoms with E-state index < -0.39 is 0 Å². The molecule has 1 heterocycles. The van der Waals surface area contributed by atoms with E-state index in [4.69, 9.17) is 0 Å². The average molecular weight is 146 g/mol. The van der Waals surface area contributed by atoms with Crippen molar-refractivity contribution in [2.24, 2.45) is 0 Å². The molecule has 0 spiro atoms. The fourth-order valence-corrected chi connectivity index (χ4v) is 2.70. The molecule has 0 N–H and O–H groups in total. The Bertz CT molecular complexity index is 88.5. The smallest absolute Gasteiger partial charge is 0.0544 e. The van der Waals surface area contributed by atoms with E-state index in [1.807, 2.05) is 23.5 Å². The summed E-state index contributed by atoms with van der Waals surface area (Å²) in [7, 11) is 0. The summed E-state index contributed by atoms with van der Waals surface area (Å²) < 4.78 is 0.833. The van der Waals surface area contributed by atoms with Crippen molar-refractivity contribution in [1.82, 2.24) is 0 Å². The maximum atomic E-state index is 2.24. The van der Waals surface area contributed by atoms with E-state index in [0.717, 1.165) is 4.58 Å². The second-order valence-electron chi connectivity index (χ2n) is 1.68. The SMILES string of the molecule is CCC1SC=CCS1. The van der Waals surface area contributed by atoms with E-state index in [-0.39, 0.29) is 0 Å². The molecule has 2 heteroatoms. The summed E-state index contributed by atoms with van der Waals surface area (Å²) in [5, 5.41) is 2.21. The van der Waals surface area contributed by atoms with Gasteiger partial charge in [0, 0.05) is 5.75 Å². The first-order valence-electron chi connectivity index (χ1n) is 2.85. The van der Waals surface area contributed by atoms with Gasteiger partial charge in [-0.3, -0.25) is 0 Å². The van der Waals surface area contributed by atoms with E-state index in [9.17, 15) is 0 Å². The molecule has 8 heavy (non-hydrogen) atoms. The highest BCUT2D eigenvalue weighted by atomic mass is 32.2. The molecule has 0 nitrogen and oxygen atoms in total. The number of rotatable bonds is 1. The molecular weight excluding hydrogens is 136 g/mol. The molecule has 46 valence electrons. The van der Waals surface area contributed by atoms with Gasteiger partial charge in [-0.25, -0.2) is 0 Å². The van der Waals surface area contributed by atoms with Crippen molar-refractivity contribution in [2.45, 2.75) is 17.9 Å². The second kappa shape index (κ2) is 3.46. The van der Waals surface area contributed by atoms with Crippen LogP contribution in [-0.2, 0) is 0 Å². The monoisotopic (exact) mass is 146 g/mol. The fourth-order valence-electron chi connectivity index (χ4n) is 0.599. The van der Waals surface area contributed by atoms with Crippen LogP contribution in [0.4, 0.5) is 0 Å². The zero-order chi connectivity index (χ0) is 5.82. The zero-order valence-corrected chi connectivity index (χ0v) is 6.60. The molecule has 0 bridgehead atoms. The van der Waals surface area contributed by atoms with Crippen LogP contribution in [0.25, 0.3) is 0 Å². The molecule has 1 aliphatic heterocycles. The van der Waals surface area contributed by atoms with Gasteiger partial charge in [0.15, 0.2) is 0 Å². The van der Waals surface area contributed by atoms with Crippen molar-refractivity contribution < 1.29 is 0 Å². The summed E-state index contributed by atoms with van der Waals surface area (Å²) in [5.74, 6) is 1.21. The first-order valence-corrected chi connectivity index (χ1v) is 4.84. The first-order chi connectivity index (χ1) is 3.93. The van der Waals surface area contributed by atoms with Crippen molar-refractivity contribution in [3.8, 4) is 0 Å². The van der Waals surface area contributed by atoms with E-state index in [1.165, 1.54) is 12.2 Å². The molecule has 1 rings (SSSR count). The van der Waals surface area contributed by atoms with Gasteiger partial charge in [0.05, 0.1) is 4.58 Å². The van der Waals surface area contributed by atoms with Crippen LogP contribution in [0.3, 0.4) is 0 Å². The molecule has 0 saturated heterocycles. The standard InChI is InChI=1S/C6H10S2/c1-2-6-7-4-3-5-8-6/h3-4,6H,2,5H2,1H3. The number of hydrogen-bond acceptors (Lipinski definition) is 2. The minimum absolute atomic E-state index is 0.833. The molecule has 0 amide bonds. The first kappa shape index (κ1) is 6.56. The van der Waals surface area contributed by atoms with E-state index in [2.05, 4.69) is 18.4 Å². The molecule has 1 atom stereocenters. The van der Waals surface area contributed by atoms with Gasteiger partial charge in [0.2, 0.25) is 0 Å². The molecule has 0 radical (unpaired) electrons. The van der Waals surface area contributed by atoms with Crippen LogP contribution in [0.1, 0.15) is 13.3 Å². The highest BCUT2D eigenvalue weighted by Gasteiger charge is 2.06. The molecule has 0 aromatic rings. The Morgan fingerprint density at radius 1 is 1.75 bits per heavy atom. The summed E-state index contributed by atoms with van der Waals surface area (Å²) in [6.45, 7) is 2.24. The number of thioether (sulfide) groups is 2. The lowest BCUT2D eigenvalue weighted by atomic mass is 10.6. The third-order valence-corrected chi connectivity index (χ3v) is 3.86. The minimum atomic E-state index is 0.833. The van der Waals surface area contributed by atoms with Crippen LogP contribution in [-0.4, -0.2) is 10.3 Å². The zero-order valence-electron chi connectivity index (χ0n) is 4.96. The van der Waals surface area contributed by atoms with Crippen LogP contribution < -0.4 is 0 Å². The largest absolute Gasteiger partial charge is 0.143 e. The van der Waals surface area contributed by atoms with Crippen LogP contribution >= 0.6 is 23.5 Å². The van der Waals surface area contributed by atoms with Crippen LogP contribution in [0.15, 0.2) is 11.5 Å². The van der Waals surface area contributed by atoms with Crippen molar-refractivity contribution in [2.75, 3.05) is 5.75 Å². The average Bonchev–Trinajstić information content (AvgIpc) is 1.90. The number of hydrogen-bond donors (Lipinski definition) is 0. The molecule has 1 aliphatic rings. The lowest BCUT2D eigenvalue weighted by molar-refractivity contribution is 1.06. The van der Waals surface area contributed by atoms with Gasteiger partial charge in [-0.15, -0.1) is 23.5 Å². The predicted octanol–water partition coefficient (Wildman–Crippen LogP) is 2.72. The van der Waals surface area contributed by atoms with Crippen molar-refractivity contribution in [3.63, 3.8) is 0 Å². The van der Waals surface area contributed by atoms with Gasteiger partial charge in [-0.1, -0.05) is 13.0 Å². The van der Waals surface area contributed by atoms with Gasteiger partial charge in [-0.05, 0) is 11.8 Å². The minimum Gasteiger partial charge on any atom is -0.143 e. The molecule has 0 aromatic carbocycles. The van der Waals surface area contributed by atoms with E-state index >= 15 is 0 Å². The Labute approximate surface area is 59.1 Å². The molecule has 1 unspecified atom stereocenters. The van der Waals surface area contributed by atoms with E-state index in [0.29, 0.717) is 0 Å². The van der Waals surface area contributed by atoms with Crippen molar-refractivity contribution in [1.29, 1.82) is 0 Å². The Hall–Kier alpha value is 0.440. The maximum absolute atomic E-state index is 2.24. The van der Waals surface area contributed by atoms with Crippen molar-refractivity contribution in [3.05, 3.63) is 11.5 Å². The third kappa shape index (κ3) is 1.75. The van der Waals surface area contributed by atoms with Crippen LogP contribution in [0, 0.1) is 0 Å². The molecule has 0 saturated carbocycles. The lowest BCUT2D eigenvalue weighted by Crippen LogP contribution is -1.96. The summed E-state index contributed by atoms with van der Waals surface area (Å²) >= 11 is 3.98. The third-order valence-electron chi connectivity index (χ3n) is 1.04. The second-order valence-corrected chi connectivity index (χ2v) is 4.33. The quantitative estimate of drug-likeness (QED) is 0.558. The lowest BCUT2D eigenvalue weighted by Gasteiger charge is -2.13. The Morgan fingerprint density at radius 2 is 2.62 bits per heavy atom. The Kier molecular flexibility index (Phi) is 2.84. The predicted molar refractivity (Wildman–Crippen MR) is 43.3 cm³/mol. The highest BCUT2D eigenvalue weighted by Crippen LogP contribution is 2.30. The normalized spacial score (nSPS) is 28.4. The highest BCUT2D eigenvalue weighted by molar-refractivity contribution is 8.18. The summed E-state index contributed by atoms with van der Waals surface area (Å²) in [5.41, 5.74) is 0. The van der Waals surface area contributed by atoms with Crippen LogP contribution in [0.2, 0.25) is 0 Å². The molecule has 0 aliphatic carbocycles. The molecule has 0 fully saturated rings. The van der Waals surface area contributed by atoms with Crippen molar-refractivity contribution >= 4 is 23.5 Å². The molecule has 0 aromatic heterocycles. The summed E-state index contributed by atoms with van der Waals surface area (Å²) in [4.78, 5) is 0. The fraction of sp³-hybridized carbons (Fsp3) is 0.667. The topological polar surface area (TPSA) is 0 Å². The Morgan fingerprint density at radius 3 is 3.00 bits per heavy atom. The maximum Gasteiger partial charge on any atom is 0.0544 e. The van der Waals surface area contributed by atoms with E-state index in [1.54, 1.807) is 0 Å². The summed E-state index contributed by atoms with van der Waals surface area (Å²) in [6.07, 6.45) is 3.52. The van der Waals surface area contributed by atoms with Gasteiger partial charge >= 0.3 is 0 Å².